The first-order chi connectivity index (χ1) is 25.8. The van der Waals surface area contributed by atoms with E-state index in [0.717, 1.165) is 11.4 Å². The maximum absolute atomic E-state index is 2.44. The highest BCUT2D eigenvalue weighted by Gasteiger charge is 2.19. The van der Waals surface area contributed by atoms with Gasteiger partial charge in [0.1, 0.15) is 0 Å². The molecule has 0 atom stereocenters. The van der Waals surface area contributed by atoms with E-state index in [1.165, 1.54) is 80.8 Å². The van der Waals surface area contributed by atoms with Gasteiger partial charge in [0.25, 0.3) is 0 Å². The summed E-state index contributed by atoms with van der Waals surface area (Å²) in [6, 6.07) is 73.0. The van der Waals surface area contributed by atoms with Crippen LogP contribution in [-0.2, 0) is 0 Å². The Kier molecular flexibility index (Phi) is 7.41. The Morgan fingerprint density at radius 3 is 1.46 bits per heavy atom. The molecule has 0 amide bonds. The third-order valence-electron chi connectivity index (χ3n) is 10.2. The monoisotopic (exact) mass is 679 g/mol. The second-order valence-electron chi connectivity index (χ2n) is 13.4. The molecule has 52 heavy (non-hydrogen) atoms. The first kappa shape index (κ1) is 30.4. The standard InChI is InChI=1S/C50H33NS/c1-3-13-34(14-4-1)38-29-39(35-15-5-2-6-16-35)31-40(30-38)36-23-25-41(26-24-36)51(42-27-28-47-46-21-11-12-22-49(46)52-50(47)33-42)48-32-37-17-7-8-18-43(37)44-19-9-10-20-45(44)48/h1-33H. The van der Waals surface area contributed by atoms with Crippen LogP contribution in [0.3, 0.4) is 0 Å². The molecule has 1 aromatic heterocycles. The molecule has 0 fully saturated rings. The summed E-state index contributed by atoms with van der Waals surface area (Å²) in [7, 11) is 0. The Hall–Kier alpha value is -6.48. The third kappa shape index (κ3) is 5.33. The second kappa shape index (κ2) is 12.7. The van der Waals surface area contributed by atoms with Gasteiger partial charge in [-0.3, -0.25) is 0 Å². The Morgan fingerprint density at radius 2 is 0.788 bits per heavy atom. The van der Waals surface area contributed by atoms with Gasteiger partial charge in [-0.05, 0) is 104 Å². The number of nitrogens with zero attached hydrogens (tertiary/aromatic N) is 1. The van der Waals surface area contributed by atoms with Crippen LogP contribution in [0.25, 0.3) is 75.1 Å². The van der Waals surface area contributed by atoms with Crippen LogP contribution in [0.1, 0.15) is 0 Å². The first-order valence-corrected chi connectivity index (χ1v) is 18.6. The van der Waals surface area contributed by atoms with E-state index in [4.69, 9.17) is 0 Å². The van der Waals surface area contributed by atoms with Gasteiger partial charge in [0.15, 0.2) is 0 Å². The number of fused-ring (bicyclic) bond motifs is 6. The van der Waals surface area contributed by atoms with Crippen LogP contribution >= 0.6 is 11.3 Å². The van der Waals surface area contributed by atoms with E-state index in [0.29, 0.717) is 0 Å². The maximum Gasteiger partial charge on any atom is 0.0546 e. The van der Waals surface area contributed by atoms with Crippen LogP contribution in [0, 0.1) is 0 Å². The van der Waals surface area contributed by atoms with Crippen molar-refractivity contribution < 1.29 is 0 Å². The summed E-state index contributed by atoms with van der Waals surface area (Å²) in [6.45, 7) is 0. The summed E-state index contributed by atoms with van der Waals surface area (Å²) in [5.41, 5.74) is 10.7. The topological polar surface area (TPSA) is 3.24 Å². The summed E-state index contributed by atoms with van der Waals surface area (Å²) in [6.07, 6.45) is 0. The fourth-order valence-electron chi connectivity index (χ4n) is 7.69. The Labute approximate surface area is 307 Å². The Morgan fingerprint density at radius 1 is 0.288 bits per heavy atom. The van der Waals surface area contributed by atoms with E-state index < -0.39 is 0 Å². The predicted molar refractivity (Wildman–Crippen MR) is 225 cm³/mol. The SMILES string of the molecule is c1ccc(-c2cc(-c3ccccc3)cc(-c3ccc(N(c4ccc5c(c4)sc4ccccc45)c4cc5ccccc5c5ccccc45)cc3)c2)cc1. The minimum absolute atomic E-state index is 1.12. The van der Waals surface area contributed by atoms with E-state index in [1.54, 1.807) is 0 Å². The highest BCUT2D eigenvalue weighted by atomic mass is 32.1. The molecule has 0 aliphatic rings. The van der Waals surface area contributed by atoms with Gasteiger partial charge >= 0.3 is 0 Å². The van der Waals surface area contributed by atoms with Crippen molar-refractivity contribution in [2.45, 2.75) is 0 Å². The second-order valence-corrected chi connectivity index (χ2v) is 14.4. The predicted octanol–water partition coefficient (Wildman–Crippen LogP) is 14.8. The van der Waals surface area contributed by atoms with Crippen LogP contribution in [0.4, 0.5) is 17.1 Å². The summed E-state index contributed by atoms with van der Waals surface area (Å²) in [5, 5.41) is 7.59. The molecule has 0 aliphatic heterocycles. The fraction of sp³-hybridized carbons (Fsp3) is 0. The van der Waals surface area contributed by atoms with Gasteiger partial charge in [-0.1, -0.05) is 146 Å². The summed E-state index contributed by atoms with van der Waals surface area (Å²) < 4.78 is 2.60. The zero-order valence-corrected chi connectivity index (χ0v) is 29.2. The van der Waals surface area contributed by atoms with Crippen molar-refractivity contribution in [3.63, 3.8) is 0 Å². The van der Waals surface area contributed by atoms with Crippen LogP contribution < -0.4 is 4.90 Å². The molecule has 244 valence electrons. The molecule has 0 bridgehead atoms. The normalized spacial score (nSPS) is 11.5. The van der Waals surface area contributed by atoms with Crippen molar-refractivity contribution >= 4 is 70.1 Å². The molecular weight excluding hydrogens is 647 g/mol. The van der Waals surface area contributed by atoms with Gasteiger partial charge in [0, 0.05) is 36.9 Å². The zero-order valence-electron chi connectivity index (χ0n) is 28.4. The highest BCUT2D eigenvalue weighted by molar-refractivity contribution is 7.25. The highest BCUT2D eigenvalue weighted by Crippen LogP contribution is 2.45. The lowest BCUT2D eigenvalue weighted by Gasteiger charge is -2.28. The van der Waals surface area contributed by atoms with E-state index in [-0.39, 0.29) is 0 Å². The smallest absolute Gasteiger partial charge is 0.0546 e. The van der Waals surface area contributed by atoms with E-state index in [2.05, 4.69) is 205 Å². The van der Waals surface area contributed by atoms with E-state index in [9.17, 15) is 0 Å². The van der Waals surface area contributed by atoms with E-state index >= 15 is 0 Å². The zero-order chi connectivity index (χ0) is 34.4. The van der Waals surface area contributed by atoms with Gasteiger partial charge in [-0.2, -0.15) is 0 Å². The number of benzene rings is 9. The number of hydrogen-bond acceptors (Lipinski definition) is 2. The average molecular weight is 680 g/mol. The first-order valence-electron chi connectivity index (χ1n) is 17.8. The minimum Gasteiger partial charge on any atom is -0.310 e. The fourth-order valence-corrected chi connectivity index (χ4v) is 8.83. The van der Waals surface area contributed by atoms with Crippen molar-refractivity contribution in [3.8, 4) is 33.4 Å². The van der Waals surface area contributed by atoms with Crippen molar-refractivity contribution in [1.82, 2.24) is 0 Å². The molecule has 1 nitrogen and oxygen atoms in total. The van der Waals surface area contributed by atoms with Crippen LogP contribution in [0.2, 0.25) is 0 Å². The molecule has 10 aromatic rings. The molecule has 0 saturated carbocycles. The van der Waals surface area contributed by atoms with Gasteiger partial charge in [-0.25, -0.2) is 0 Å². The summed E-state index contributed by atoms with van der Waals surface area (Å²) >= 11 is 1.86. The third-order valence-corrected chi connectivity index (χ3v) is 11.3. The number of rotatable bonds is 6. The summed E-state index contributed by atoms with van der Waals surface area (Å²) in [5.74, 6) is 0. The minimum atomic E-state index is 1.12. The molecule has 9 aromatic carbocycles. The molecule has 2 heteroatoms. The molecular formula is C50H33NS. The number of anilines is 3. The van der Waals surface area contributed by atoms with Crippen molar-refractivity contribution in [2.75, 3.05) is 4.90 Å². The molecule has 0 aliphatic carbocycles. The van der Waals surface area contributed by atoms with Gasteiger partial charge in [-0.15, -0.1) is 11.3 Å². The Balaban J connectivity index is 1.15. The maximum atomic E-state index is 2.44. The molecule has 1 heterocycles. The van der Waals surface area contributed by atoms with Crippen LogP contribution in [0.5, 0.6) is 0 Å². The lowest BCUT2D eigenvalue weighted by atomic mass is 9.93. The van der Waals surface area contributed by atoms with Gasteiger partial charge < -0.3 is 4.90 Å². The molecule has 0 unspecified atom stereocenters. The average Bonchev–Trinajstić information content (AvgIpc) is 3.60. The molecule has 0 N–H and O–H groups in total. The number of thiophene rings is 1. The van der Waals surface area contributed by atoms with Crippen LogP contribution in [-0.4, -0.2) is 0 Å². The molecule has 0 spiro atoms. The quantitative estimate of drug-likeness (QED) is 0.158. The van der Waals surface area contributed by atoms with E-state index in [1.807, 2.05) is 11.3 Å². The Bertz CT molecular complexity index is 2830. The summed E-state index contributed by atoms with van der Waals surface area (Å²) in [4.78, 5) is 2.44. The van der Waals surface area contributed by atoms with Crippen molar-refractivity contribution in [1.29, 1.82) is 0 Å². The van der Waals surface area contributed by atoms with Crippen molar-refractivity contribution in [2.24, 2.45) is 0 Å². The molecule has 10 rings (SSSR count). The van der Waals surface area contributed by atoms with Crippen molar-refractivity contribution in [3.05, 3.63) is 200 Å². The largest absolute Gasteiger partial charge is 0.310 e. The van der Waals surface area contributed by atoms with Gasteiger partial charge in [0.2, 0.25) is 0 Å². The van der Waals surface area contributed by atoms with Crippen LogP contribution in [0.15, 0.2) is 200 Å². The number of hydrogen-bond donors (Lipinski definition) is 0. The lowest BCUT2D eigenvalue weighted by molar-refractivity contribution is 1.31. The van der Waals surface area contributed by atoms with Gasteiger partial charge in [0.05, 0.1) is 5.69 Å². The lowest BCUT2D eigenvalue weighted by Crippen LogP contribution is -2.10. The molecule has 0 radical (unpaired) electrons. The molecule has 0 saturated heterocycles.